The number of halogens is 1. The minimum Gasteiger partial charge on any atom is -0.320 e. The number of hydrogen-bond donors (Lipinski definition) is 1. The van der Waals surface area contributed by atoms with Crippen LogP contribution in [0.15, 0.2) is 47.8 Å². The van der Waals surface area contributed by atoms with Crippen LogP contribution in [0.1, 0.15) is 22.0 Å². The van der Waals surface area contributed by atoms with Crippen LogP contribution < -0.4 is 5.73 Å². The lowest BCUT2D eigenvalue weighted by Gasteiger charge is -2.14. The predicted octanol–water partition coefficient (Wildman–Crippen LogP) is 4.91. The van der Waals surface area contributed by atoms with E-state index in [1.807, 2.05) is 25.1 Å². The van der Waals surface area contributed by atoms with Gasteiger partial charge in [-0.1, -0.05) is 54.1 Å². The highest BCUT2D eigenvalue weighted by atomic mass is 35.5. The van der Waals surface area contributed by atoms with E-state index >= 15 is 0 Å². The highest BCUT2D eigenvalue weighted by Gasteiger charge is 2.17. The van der Waals surface area contributed by atoms with Crippen LogP contribution in [-0.4, -0.2) is 0 Å². The largest absolute Gasteiger partial charge is 0.320 e. The van der Waals surface area contributed by atoms with Gasteiger partial charge in [0.1, 0.15) is 0 Å². The average molecular weight is 288 g/mol. The van der Waals surface area contributed by atoms with Crippen molar-refractivity contribution in [3.63, 3.8) is 0 Å². The van der Waals surface area contributed by atoms with Gasteiger partial charge in [0, 0.05) is 4.88 Å². The van der Waals surface area contributed by atoms with Crippen molar-refractivity contribution in [3.05, 3.63) is 68.9 Å². The molecule has 96 valence electrons. The zero-order valence-electron chi connectivity index (χ0n) is 10.6. The van der Waals surface area contributed by atoms with Gasteiger partial charge < -0.3 is 5.73 Å². The highest BCUT2D eigenvalue weighted by molar-refractivity contribution is 7.10. The van der Waals surface area contributed by atoms with E-state index in [4.69, 9.17) is 17.3 Å². The minimum atomic E-state index is -0.169. The van der Waals surface area contributed by atoms with Crippen LogP contribution in [0.4, 0.5) is 0 Å². The molecular formula is C16H14ClNS. The molecule has 0 aliphatic carbocycles. The Morgan fingerprint density at radius 3 is 2.58 bits per heavy atom. The second-order valence-corrected chi connectivity index (χ2v) is 5.93. The first-order chi connectivity index (χ1) is 9.18. The van der Waals surface area contributed by atoms with E-state index in [9.17, 15) is 0 Å². The topological polar surface area (TPSA) is 26.0 Å². The standard InChI is InChI=1S/C16H14ClNS/c1-10-9-19-16(14(10)17)15(18)13-8-4-6-11-5-2-3-7-12(11)13/h2-9,15H,18H2,1H3. The molecule has 0 saturated carbocycles. The molecule has 0 saturated heterocycles. The fraction of sp³-hybridized carbons (Fsp3) is 0.125. The molecule has 1 heterocycles. The van der Waals surface area contributed by atoms with Crippen molar-refractivity contribution in [2.45, 2.75) is 13.0 Å². The van der Waals surface area contributed by atoms with Gasteiger partial charge in [0.2, 0.25) is 0 Å². The minimum absolute atomic E-state index is 0.169. The first kappa shape index (κ1) is 12.7. The van der Waals surface area contributed by atoms with Crippen molar-refractivity contribution < 1.29 is 0 Å². The first-order valence-corrected chi connectivity index (χ1v) is 7.41. The molecular weight excluding hydrogens is 274 g/mol. The summed E-state index contributed by atoms with van der Waals surface area (Å²) in [5, 5.41) is 5.26. The molecule has 0 fully saturated rings. The van der Waals surface area contributed by atoms with Gasteiger partial charge in [0.25, 0.3) is 0 Å². The number of benzene rings is 2. The van der Waals surface area contributed by atoms with Crippen molar-refractivity contribution in [3.8, 4) is 0 Å². The molecule has 19 heavy (non-hydrogen) atoms. The molecule has 0 aliphatic heterocycles. The highest BCUT2D eigenvalue weighted by Crippen LogP contribution is 2.36. The van der Waals surface area contributed by atoms with Crippen LogP contribution in [0.3, 0.4) is 0 Å². The third kappa shape index (κ3) is 2.16. The maximum absolute atomic E-state index is 6.42. The van der Waals surface area contributed by atoms with Crippen molar-refractivity contribution in [1.82, 2.24) is 0 Å². The van der Waals surface area contributed by atoms with Crippen LogP contribution in [0.5, 0.6) is 0 Å². The van der Waals surface area contributed by atoms with Crippen LogP contribution >= 0.6 is 22.9 Å². The van der Waals surface area contributed by atoms with E-state index in [1.54, 1.807) is 11.3 Å². The summed E-state index contributed by atoms with van der Waals surface area (Å²) in [4.78, 5) is 1.04. The predicted molar refractivity (Wildman–Crippen MR) is 84.0 cm³/mol. The summed E-state index contributed by atoms with van der Waals surface area (Å²) in [6, 6.07) is 14.4. The second-order valence-electron chi connectivity index (χ2n) is 4.64. The van der Waals surface area contributed by atoms with Crippen molar-refractivity contribution >= 4 is 33.7 Å². The Morgan fingerprint density at radius 1 is 1.11 bits per heavy atom. The van der Waals surface area contributed by atoms with Gasteiger partial charge in [-0.05, 0) is 34.2 Å². The molecule has 0 spiro atoms. The van der Waals surface area contributed by atoms with Crippen LogP contribution in [0, 0.1) is 6.92 Å². The van der Waals surface area contributed by atoms with Crippen LogP contribution in [0.25, 0.3) is 10.8 Å². The molecule has 1 unspecified atom stereocenters. The third-order valence-electron chi connectivity index (χ3n) is 3.37. The van der Waals surface area contributed by atoms with Gasteiger partial charge in [-0.25, -0.2) is 0 Å². The number of thiophene rings is 1. The fourth-order valence-corrected chi connectivity index (χ4v) is 3.65. The quantitative estimate of drug-likeness (QED) is 0.712. The first-order valence-electron chi connectivity index (χ1n) is 6.15. The van der Waals surface area contributed by atoms with Gasteiger partial charge in [-0.15, -0.1) is 11.3 Å². The molecule has 0 aliphatic rings. The summed E-state index contributed by atoms with van der Waals surface area (Å²) in [5.74, 6) is 0. The number of nitrogens with two attached hydrogens (primary N) is 1. The average Bonchev–Trinajstić information content (AvgIpc) is 2.78. The molecule has 3 heteroatoms. The second kappa shape index (κ2) is 4.97. The monoisotopic (exact) mass is 287 g/mol. The van der Waals surface area contributed by atoms with E-state index in [-0.39, 0.29) is 6.04 Å². The van der Waals surface area contributed by atoms with Crippen LogP contribution in [-0.2, 0) is 0 Å². The summed E-state index contributed by atoms with van der Waals surface area (Å²) < 4.78 is 0. The smallest absolute Gasteiger partial charge is 0.0667 e. The van der Waals surface area contributed by atoms with Crippen molar-refractivity contribution in [2.24, 2.45) is 5.73 Å². The van der Waals surface area contributed by atoms with Crippen molar-refractivity contribution in [2.75, 3.05) is 0 Å². The van der Waals surface area contributed by atoms with Crippen LogP contribution in [0.2, 0.25) is 5.02 Å². The Morgan fingerprint density at radius 2 is 1.84 bits per heavy atom. The molecule has 1 aromatic heterocycles. The zero-order valence-corrected chi connectivity index (χ0v) is 12.1. The third-order valence-corrected chi connectivity index (χ3v) is 5.16. The molecule has 3 rings (SSSR count). The summed E-state index contributed by atoms with van der Waals surface area (Å²) >= 11 is 7.97. The molecule has 0 radical (unpaired) electrons. The van der Waals surface area contributed by atoms with Gasteiger partial charge in [-0.3, -0.25) is 0 Å². The maximum Gasteiger partial charge on any atom is 0.0667 e. The van der Waals surface area contributed by atoms with E-state index in [0.29, 0.717) is 0 Å². The van der Waals surface area contributed by atoms with E-state index in [1.165, 1.54) is 10.8 Å². The van der Waals surface area contributed by atoms with E-state index in [2.05, 4.69) is 29.6 Å². The molecule has 0 bridgehead atoms. The molecule has 0 amide bonds. The lowest BCUT2D eigenvalue weighted by molar-refractivity contribution is 0.903. The Bertz CT molecular complexity index is 727. The lowest BCUT2D eigenvalue weighted by atomic mass is 9.98. The van der Waals surface area contributed by atoms with Gasteiger partial charge in [-0.2, -0.15) is 0 Å². The van der Waals surface area contributed by atoms with Gasteiger partial charge in [0.15, 0.2) is 0 Å². The number of hydrogen-bond acceptors (Lipinski definition) is 2. The molecule has 1 nitrogen and oxygen atoms in total. The molecule has 2 N–H and O–H groups in total. The summed E-state index contributed by atoms with van der Waals surface area (Å²) in [6.45, 7) is 2.01. The number of aryl methyl sites for hydroxylation is 1. The zero-order chi connectivity index (χ0) is 13.4. The molecule has 2 aromatic carbocycles. The number of fused-ring (bicyclic) bond motifs is 1. The van der Waals surface area contributed by atoms with Crippen molar-refractivity contribution in [1.29, 1.82) is 0 Å². The molecule has 1 atom stereocenters. The van der Waals surface area contributed by atoms with Gasteiger partial charge >= 0.3 is 0 Å². The summed E-state index contributed by atoms with van der Waals surface area (Å²) in [5.41, 5.74) is 8.64. The Balaban J connectivity index is 2.17. The van der Waals surface area contributed by atoms with E-state index < -0.39 is 0 Å². The molecule has 3 aromatic rings. The Kier molecular flexibility index (Phi) is 3.31. The lowest BCUT2D eigenvalue weighted by Crippen LogP contribution is -2.11. The Hall–Kier alpha value is -1.35. The Labute approximate surface area is 121 Å². The fourth-order valence-electron chi connectivity index (χ4n) is 2.32. The van der Waals surface area contributed by atoms with E-state index in [0.717, 1.165) is 21.0 Å². The number of rotatable bonds is 2. The summed E-state index contributed by atoms with van der Waals surface area (Å²) in [7, 11) is 0. The summed E-state index contributed by atoms with van der Waals surface area (Å²) in [6.07, 6.45) is 0. The maximum atomic E-state index is 6.42. The SMILES string of the molecule is Cc1csc(C(N)c2cccc3ccccc23)c1Cl. The normalized spacial score (nSPS) is 12.8. The van der Waals surface area contributed by atoms with Gasteiger partial charge in [0.05, 0.1) is 11.1 Å².